The van der Waals surface area contributed by atoms with Crippen molar-refractivity contribution in [3.63, 3.8) is 0 Å². The van der Waals surface area contributed by atoms with Gasteiger partial charge < -0.3 is 4.74 Å². The Morgan fingerprint density at radius 2 is 1.35 bits per heavy atom. The fourth-order valence-corrected chi connectivity index (χ4v) is 6.09. The Morgan fingerprint density at radius 1 is 0.688 bits per heavy atom. The van der Waals surface area contributed by atoms with E-state index < -0.39 is 64.1 Å². The Morgan fingerprint density at radius 3 is 1.96 bits per heavy atom. The van der Waals surface area contributed by atoms with Gasteiger partial charge in [-0.15, -0.1) is 0 Å². The van der Waals surface area contributed by atoms with Crippen molar-refractivity contribution in [1.29, 1.82) is 0 Å². The van der Waals surface area contributed by atoms with Crippen molar-refractivity contribution >= 4 is 12.2 Å². The molecular formula is C38H33F9O. The van der Waals surface area contributed by atoms with Crippen LogP contribution in [-0.4, -0.2) is 6.10 Å². The van der Waals surface area contributed by atoms with Crippen LogP contribution in [0.1, 0.15) is 85.6 Å². The van der Waals surface area contributed by atoms with Gasteiger partial charge in [0.05, 0.1) is 11.7 Å². The minimum Gasteiger partial charge on any atom is -0.313 e. The zero-order valence-corrected chi connectivity index (χ0v) is 26.0. The molecule has 0 aliphatic heterocycles. The number of alkyl halides is 2. The molecule has 1 aliphatic rings. The molecule has 10 heteroatoms. The molecule has 0 saturated heterocycles. The second-order valence-corrected chi connectivity index (χ2v) is 12.1. The molecule has 1 saturated carbocycles. The van der Waals surface area contributed by atoms with Crippen LogP contribution in [0.25, 0.3) is 23.3 Å². The Balaban J connectivity index is 1.22. The third kappa shape index (κ3) is 8.14. The van der Waals surface area contributed by atoms with Crippen molar-refractivity contribution in [1.82, 2.24) is 0 Å². The van der Waals surface area contributed by atoms with E-state index >= 15 is 4.39 Å². The molecule has 1 nitrogen and oxygen atoms in total. The molecule has 1 fully saturated rings. The lowest BCUT2D eigenvalue weighted by atomic mass is 9.82. The second kappa shape index (κ2) is 15.0. The average molecular weight is 677 g/mol. The maximum absolute atomic E-state index is 15.3. The highest BCUT2D eigenvalue weighted by atomic mass is 19.3. The van der Waals surface area contributed by atoms with Gasteiger partial charge in [0.2, 0.25) is 0 Å². The molecule has 4 aromatic rings. The molecule has 5 rings (SSSR count). The molecule has 254 valence electrons. The van der Waals surface area contributed by atoms with Gasteiger partial charge in [0, 0.05) is 11.1 Å². The van der Waals surface area contributed by atoms with E-state index in [4.69, 9.17) is 4.74 Å². The van der Waals surface area contributed by atoms with E-state index in [1.807, 2.05) is 6.92 Å². The standard InChI is InChI=1S/C38H33F9O/c1-2-3-4-5-22-7-15-30(34(42)16-22)38(46,47)48-27-11-8-24(9-12-27)25-10-14-28(31(39)19-25)26-20-32(40)29(33(41)21-26)13-6-23-17-35(43)37(45)36(44)18-23/h6-7,10,13-21,24,27H,2-5,8-9,11-12H2,1H3/b13-6+. The molecule has 0 radical (unpaired) electrons. The molecule has 4 aromatic carbocycles. The summed E-state index contributed by atoms with van der Waals surface area (Å²) in [5.74, 6) is -8.65. The topological polar surface area (TPSA) is 9.23 Å². The fourth-order valence-electron chi connectivity index (χ4n) is 6.09. The summed E-state index contributed by atoms with van der Waals surface area (Å²) < 4.78 is 135. The SMILES string of the molecule is CCCCCc1ccc(C(F)(F)OC2CCC(c3ccc(-c4cc(F)c(/C=C/c5cc(F)c(F)c(F)c5)c(F)c4)c(F)c3)CC2)c(F)c1. The Kier molecular flexibility index (Phi) is 11.0. The maximum atomic E-state index is 15.3. The summed E-state index contributed by atoms with van der Waals surface area (Å²) >= 11 is 0. The first kappa shape index (κ1) is 35.3. The maximum Gasteiger partial charge on any atom is 0.386 e. The smallest absolute Gasteiger partial charge is 0.313 e. The number of benzene rings is 4. The first-order valence-corrected chi connectivity index (χ1v) is 15.8. The molecule has 0 N–H and O–H groups in total. The van der Waals surface area contributed by atoms with Gasteiger partial charge in [0.1, 0.15) is 23.3 Å². The number of rotatable bonds is 11. The van der Waals surface area contributed by atoms with Crippen LogP contribution in [0.5, 0.6) is 0 Å². The zero-order chi connectivity index (χ0) is 34.6. The Labute approximate surface area is 273 Å². The molecule has 0 aromatic heterocycles. The summed E-state index contributed by atoms with van der Waals surface area (Å²) in [5.41, 5.74) is -0.452. The van der Waals surface area contributed by atoms with Crippen molar-refractivity contribution in [2.45, 2.75) is 76.4 Å². The molecule has 1 aliphatic carbocycles. The van der Waals surface area contributed by atoms with Gasteiger partial charge in [-0.1, -0.05) is 44.0 Å². The second-order valence-electron chi connectivity index (χ2n) is 12.1. The minimum absolute atomic E-state index is 0.0789. The summed E-state index contributed by atoms with van der Waals surface area (Å²) in [6, 6.07) is 11.1. The van der Waals surface area contributed by atoms with Crippen molar-refractivity contribution in [2.24, 2.45) is 0 Å². The lowest BCUT2D eigenvalue weighted by molar-refractivity contribution is -0.278. The summed E-state index contributed by atoms with van der Waals surface area (Å²) in [6.45, 7) is 2.04. The van der Waals surface area contributed by atoms with Gasteiger partial charge in [-0.2, -0.15) is 8.78 Å². The van der Waals surface area contributed by atoms with Crippen LogP contribution in [0.4, 0.5) is 39.5 Å². The van der Waals surface area contributed by atoms with E-state index in [1.165, 1.54) is 18.2 Å². The van der Waals surface area contributed by atoms with Crippen LogP contribution in [-0.2, 0) is 17.3 Å². The van der Waals surface area contributed by atoms with Gasteiger partial charge in [0.15, 0.2) is 17.5 Å². The van der Waals surface area contributed by atoms with Gasteiger partial charge in [-0.3, -0.25) is 0 Å². The van der Waals surface area contributed by atoms with E-state index in [0.717, 1.165) is 55.7 Å². The number of halogens is 9. The van der Waals surface area contributed by atoms with E-state index in [9.17, 15) is 35.1 Å². The summed E-state index contributed by atoms with van der Waals surface area (Å²) in [4.78, 5) is 0. The number of hydrogen-bond acceptors (Lipinski definition) is 1. The van der Waals surface area contributed by atoms with Crippen molar-refractivity contribution < 1.29 is 44.3 Å². The largest absolute Gasteiger partial charge is 0.386 e. The third-order valence-corrected chi connectivity index (χ3v) is 8.71. The van der Waals surface area contributed by atoms with Crippen LogP contribution >= 0.6 is 0 Å². The van der Waals surface area contributed by atoms with E-state index in [1.54, 1.807) is 6.07 Å². The van der Waals surface area contributed by atoms with E-state index in [-0.39, 0.29) is 35.4 Å². The summed E-state index contributed by atoms with van der Waals surface area (Å²) in [6.07, 6.45) is 1.99. The highest BCUT2D eigenvalue weighted by molar-refractivity contribution is 5.73. The fraction of sp³-hybridized carbons (Fsp3) is 0.316. The highest BCUT2D eigenvalue weighted by Crippen LogP contribution is 2.41. The molecule has 0 unspecified atom stereocenters. The average Bonchev–Trinajstić information content (AvgIpc) is 3.03. The predicted octanol–water partition coefficient (Wildman–Crippen LogP) is 12.0. The van der Waals surface area contributed by atoms with Crippen molar-refractivity contribution in [3.8, 4) is 11.1 Å². The van der Waals surface area contributed by atoms with Crippen LogP contribution in [0.2, 0.25) is 0 Å². The Bertz CT molecular complexity index is 1750. The van der Waals surface area contributed by atoms with Crippen LogP contribution in [0.3, 0.4) is 0 Å². The molecule has 48 heavy (non-hydrogen) atoms. The third-order valence-electron chi connectivity index (χ3n) is 8.71. The molecule has 0 spiro atoms. The normalized spacial score (nSPS) is 17.0. The zero-order valence-electron chi connectivity index (χ0n) is 26.0. The molecule has 0 heterocycles. The van der Waals surface area contributed by atoms with Crippen LogP contribution < -0.4 is 0 Å². The van der Waals surface area contributed by atoms with Crippen molar-refractivity contribution in [3.05, 3.63) is 129 Å². The summed E-state index contributed by atoms with van der Waals surface area (Å²) in [7, 11) is 0. The number of aryl methyl sites for hydroxylation is 1. The van der Waals surface area contributed by atoms with Crippen LogP contribution in [0, 0.1) is 40.7 Å². The molecule has 0 atom stereocenters. The van der Waals surface area contributed by atoms with Gasteiger partial charge in [-0.25, -0.2) is 30.7 Å². The van der Waals surface area contributed by atoms with Gasteiger partial charge in [-0.05, 0) is 115 Å². The highest BCUT2D eigenvalue weighted by Gasteiger charge is 2.40. The lowest BCUT2D eigenvalue weighted by Crippen LogP contribution is -2.30. The molecule has 0 bridgehead atoms. The van der Waals surface area contributed by atoms with Gasteiger partial charge in [0.25, 0.3) is 0 Å². The van der Waals surface area contributed by atoms with E-state index in [2.05, 4.69) is 0 Å². The molecule has 0 amide bonds. The van der Waals surface area contributed by atoms with Crippen LogP contribution in [0.15, 0.2) is 60.7 Å². The monoisotopic (exact) mass is 676 g/mol. The quantitative estimate of drug-likeness (QED) is 0.0665. The molecular weight excluding hydrogens is 643 g/mol. The number of hydrogen-bond donors (Lipinski definition) is 0. The van der Waals surface area contributed by atoms with E-state index in [0.29, 0.717) is 42.5 Å². The first-order chi connectivity index (χ1) is 22.9. The number of ether oxygens (including phenoxy) is 1. The minimum atomic E-state index is -3.82. The summed E-state index contributed by atoms with van der Waals surface area (Å²) in [5, 5.41) is 0. The van der Waals surface area contributed by atoms with Crippen molar-refractivity contribution in [2.75, 3.05) is 0 Å². The number of unbranched alkanes of at least 4 members (excludes halogenated alkanes) is 2. The van der Waals surface area contributed by atoms with Gasteiger partial charge >= 0.3 is 6.11 Å². The lowest BCUT2D eigenvalue weighted by Gasteiger charge is -2.31. The Hall–Kier alpha value is -4.05. The predicted molar refractivity (Wildman–Crippen MR) is 167 cm³/mol. The first-order valence-electron chi connectivity index (χ1n) is 15.8.